The normalized spacial score (nSPS) is 15.6. The topological polar surface area (TPSA) is 41.6 Å². The van der Waals surface area contributed by atoms with Gasteiger partial charge in [-0.1, -0.05) is 24.3 Å². The maximum Gasteiger partial charge on any atom is 0.216 e. The Bertz CT molecular complexity index is 448. The number of hydrogen-bond donors (Lipinski definition) is 1. The molecule has 1 aromatic carbocycles. The second-order valence-electron chi connectivity index (χ2n) is 4.86. The molecule has 1 aliphatic heterocycles. The maximum absolute atomic E-state index is 10.7. The highest BCUT2D eigenvalue weighted by molar-refractivity contribution is 5.72. The van der Waals surface area contributed by atoms with Gasteiger partial charge in [0.2, 0.25) is 5.91 Å². The second-order valence-corrected chi connectivity index (χ2v) is 4.86. The molecule has 108 valence electrons. The number of rotatable bonds is 5. The van der Waals surface area contributed by atoms with E-state index in [0.29, 0.717) is 6.54 Å². The van der Waals surface area contributed by atoms with E-state index in [2.05, 4.69) is 46.6 Å². The molecule has 20 heavy (non-hydrogen) atoms. The summed E-state index contributed by atoms with van der Waals surface area (Å²) in [6, 6.07) is 8.55. The van der Waals surface area contributed by atoms with Crippen LogP contribution in [0.25, 0.3) is 6.08 Å². The van der Waals surface area contributed by atoms with E-state index in [4.69, 9.17) is 4.74 Å². The van der Waals surface area contributed by atoms with E-state index in [1.165, 1.54) is 18.2 Å². The number of carbonyl (C=O) groups excluding carboxylic acids is 1. The van der Waals surface area contributed by atoms with Crippen LogP contribution >= 0.6 is 0 Å². The van der Waals surface area contributed by atoms with Crippen LogP contribution in [0.5, 0.6) is 0 Å². The van der Waals surface area contributed by atoms with Crippen LogP contribution in [0.2, 0.25) is 0 Å². The van der Waals surface area contributed by atoms with Crippen LogP contribution < -0.4 is 10.2 Å². The van der Waals surface area contributed by atoms with Crippen LogP contribution in [0.3, 0.4) is 0 Å². The van der Waals surface area contributed by atoms with Crippen molar-refractivity contribution in [2.75, 3.05) is 37.7 Å². The van der Waals surface area contributed by atoms with Gasteiger partial charge in [0.25, 0.3) is 0 Å². The molecule has 4 nitrogen and oxygen atoms in total. The Labute approximate surface area is 120 Å². The summed E-state index contributed by atoms with van der Waals surface area (Å²) >= 11 is 0. The first-order valence-electron chi connectivity index (χ1n) is 7.09. The molecular weight excluding hydrogens is 252 g/mol. The average molecular weight is 274 g/mol. The third-order valence-corrected chi connectivity index (χ3v) is 3.26. The molecule has 0 atom stereocenters. The zero-order chi connectivity index (χ0) is 14.2. The second kappa shape index (κ2) is 7.70. The van der Waals surface area contributed by atoms with Crippen LogP contribution in [0.4, 0.5) is 5.69 Å². The molecule has 1 amide bonds. The lowest BCUT2D eigenvalue weighted by molar-refractivity contribution is -0.118. The first kappa shape index (κ1) is 14.6. The predicted octanol–water partition coefficient (Wildman–Crippen LogP) is 2.06. The molecular formula is C16H22N2O2. The number of ether oxygens (including phenoxy) is 1. The van der Waals surface area contributed by atoms with Gasteiger partial charge in [-0.2, -0.15) is 0 Å². The Balaban J connectivity index is 1.81. The number of benzene rings is 1. The minimum absolute atomic E-state index is 0.0215. The highest BCUT2D eigenvalue weighted by Crippen LogP contribution is 2.17. The number of amides is 1. The van der Waals surface area contributed by atoms with Gasteiger partial charge in [-0.3, -0.25) is 4.79 Å². The summed E-state index contributed by atoms with van der Waals surface area (Å²) in [6.45, 7) is 5.78. The molecule has 1 saturated heterocycles. The molecule has 2 rings (SSSR count). The van der Waals surface area contributed by atoms with Gasteiger partial charge >= 0.3 is 0 Å². The minimum atomic E-state index is 0.0215. The largest absolute Gasteiger partial charge is 0.378 e. The maximum atomic E-state index is 10.7. The zero-order valence-electron chi connectivity index (χ0n) is 12.0. The smallest absolute Gasteiger partial charge is 0.216 e. The summed E-state index contributed by atoms with van der Waals surface area (Å²) in [5.74, 6) is 0.0215. The highest BCUT2D eigenvalue weighted by atomic mass is 16.5. The lowest BCUT2D eigenvalue weighted by atomic mass is 10.1. The molecule has 4 heteroatoms. The van der Waals surface area contributed by atoms with Crippen LogP contribution in [-0.2, 0) is 9.53 Å². The number of hydrogen-bond acceptors (Lipinski definition) is 3. The summed E-state index contributed by atoms with van der Waals surface area (Å²) in [5.41, 5.74) is 2.44. The number of nitrogens with one attached hydrogen (secondary N) is 1. The molecule has 1 fully saturated rings. The lowest BCUT2D eigenvalue weighted by Gasteiger charge is -2.28. The van der Waals surface area contributed by atoms with E-state index in [-0.39, 0.29) is 5.91 Å². The van der Waals surface area contributed by atoms with Crippen molar-refractivity contribution in [1.82, 2.24) is 5.32 Å². The minimum Gasteiger partial charge on any atom is -0.378 e. The molecule has 0 radical (unpaired) electrons. The van der Waals surface area contributed by atoms with Gasteiger partial charge in [0.1, 0.15) is 0 Å². The quantitative estimate of drug-likeness (QED) is 0.836. The van der Waals surface area contributed by atoms with E-state index in [0.717, 1.165) is 32.7 Å². The van der Waals surface area contributed by atoms with Gasteiger partial charge in [0.05, 0.1) is 13.2 Å². The van der Waals surface area contributed by atoms with Crippen molar-refractivity contribution in [3.8, 4) is 0 Å². The monoisotopic (exact) mass is 274 g/mol. The highest BCUT2D eigenvalue weighted by Gasteiger charge is 2.10. The van der Waals surface area contributed by atoms with E-state index in [9.17, 15) is 4.79 Å². The molecule has 0 aromatic heterocycles. The Morgan fingerprint density at radius 3 is 2.65 bits per heavy atom. The molecule has 0 aliphatic carbocycles. The summed E-state index contributed by atoms with van der Waals surface area (Å²) in [4.78, 5) is 13.1. The zero-order valence-corrected chi connectivity index (χ0v) is 12.0. The fourth-order valence-electron chi connectivity index (χ4n) is 2.17. The molecule has 1 aliphatic rings. The molecule has 1 heterocycles. The fourth-order valence-corrected chi connectivity index (χ4v) is 2.17. The first-order chi connectivity index (χ1) is 9.75. The van der Waals surface area contributed by atoms with Crippen molar-refractivity contribution in [1.29, 1.82) is 0 Å². The van der Waals surface area contributed by atoms with Crippen molar-refractivity contribution < 1.29 is 9.53 Å². The Kier molecular flexibility index (Phi) is 5.62. The van der Waals surface area contributed by atoms with E-state index >= 15 is 0 Å². The fraction of sp³-hybridized carbons (Fsp3) is 0.438. The van der Waals surface area contributed by atoms with Crippen molar-refractivity contribution in [2.24, 2.45) is 0 Å². The molecule has 0 bridgehead atoms. The Morgan fingerprint density at radius 2 is 2.00 bits per heavy atom. The van der Waals surface area contributed by atoms with Crippen LogP contribution in [0.15, 0.2) is 30.3 Å². The van der Waals surface area contributed by atoms with Crippen molar-refractivity contribution in [3.63, 3.8) is 0 Å². The van der Waals surface area contributed by atoms with Crippen molar-refractivity contribution in [3.05, 3.63) is 35.9 Å². The number of carbonyl (C=O) groups is 1. The Morgan fingerprint density at radius 1 is 1.30 bits per heavy atom. The molecule has 1 aromatic rings. The van der Waals surface area contributed by atoms with Crippen molar-refractivity contribution in [2.45, 2.75) is 13.3 Å². The van der Waals surface area contributed by atoms with E-state index in [1.807, 2.05) is 0 Å². The number of morpholine rings is 1. The lowest BCUT2D eigenvalue weighted by Crippen LogP contribution is -2.36. The summed E-state index contributed by atoms with van der Waals surface area (Å²) in [7, 11) is 0. The summed E-state index contributed by atoms with van der Waals surface area (Å²) in [6.07, 6.45) is 5.02. The van der Waals surface area contributed by atoms with Crippen molar-refractivity contribution >= 4 is 17.7 Å². The third kappa shape index (κ3) is 4.70. The van der Waals surface area contributed by atoms with Crippen LogP contribution in [0.1, 0.15) is 18.9 Å². The number of anilines is 1. The van der Waals surface area contributed by atoms with Gasteiger partial charge < -0.3 is 15.0 Å². The first-order valence-corrected chi connectivity index (χ1v) is 7.09. The summed E-state index contributed by atoms with van der Waals surface area (Å²) < 4.78 is 5.36. The molecule has 1 N–H and O–H groups in total. The van der Waals surface area contributed by atoms with Gasteiger partial charge in [-0.05, 0) is 24.1 Å². The van der Waals surface area contributed by atoms with Gasteiger partial charge in [0.15, 0.2) is 0 Å². The molecule has 0 saturated carbocycles. The van der Waals surface area contributed by atoms with Gasteiger partial charge in [0, 0.05) is 32.2 Å². The predicted molar refractivity (Wildman–Crippen MR) is 81.8 cm³/mol. The molecule has 0 unspecified atom stereocenters. The van der Waals surface area contributed by atoms with Crippen LogP contribution in [0, 0.1) is 0 Å². The van der Waals surface area contributed by atoms with Gasteiger partial charge in [-0.25, -0.2) is 0 Å². The molecule has 0 spiro atoms. The van der Waals surface area contributed by atoms with E-state index in [1.54, 1.807) is 0 Å². The van der Waals surface area contributed by atoms with E-state index < -0.39 is 0 Å². The average Bonchev–Trinajstić information content (AvgIpc) is 2.48. The summed E-state index contributed by atoms with van der Waals surface area (Å²) in [5, 5.41) is 2.78. The SMILES string of the molecule is CC(=O)NCCC=Cc1ccc(N2CCOCC2)cc1. The van der Waals surface area contributed by atoms with Crippen LogP contribution in [-0.4, -0.2) is 38.8 Å². The number of nitrogens with zero attached hydrogens (tertiary/aromatic N) is 1. The van der Waals surface area contributed by atoms with Gasteiger partial charge in [-0.15, -0.1) is 0 Å². The standard InChI is InChI=1S/C16H22N2O2/c1-14(19)17-9-3-2-4-15-5-7-16(8-6-15)18-10-12-20-13-11-18/h2,4-8H,3,9-13H2,1H3,(H,17,19). The Hall–Kier alpha value is -1.81. The third-order valence-electron chi connectivity index (χ3n) is 3.26.